The maximum atomic E-state index is 12.7. The third-order valence-electron chi connectivity index (χ3n) is 5.50. The van der Waals surface area contributed by atoms with Crippen LogP contribution in [0.3, 0.4) is 0 Å². The molecule has 0 saturated carbocycles. The third-order valence-corrected chi connectivity index (χ3v) is 5.92. The lowest BCUT2D eigenvalue weighted by molar-refractivity contribution is -0.147. The van der Waals surface area contributed by atoms with Crippen molar-refractivity contribution in [3.63, 3.8) is 0 Å². The monoisotopic (exact) mass is 498 g/mol. The summed E-state index contributed by atoms with van der Waals surface area (Å²) in [5.74, 6) is -1.09. The zero-order chi connectivity index (χ0) is 22.5. The molecule has 2 amide bonds. The normalized spacial score (nSPS) is 16.3. The van der Waals surface area contributed by atoms with E-state index in [0.29, 0.717) is 24.4 Å². The number of hydrogen-bond donors (Lipinski definition) is 1. The fourth-order valence-corrected chi connectivity index (χ4v) is 4.03. The number of nitrogens with one attached hydrogen (secondary N) is 1. The molecule has 1 aromatic heterocycles. The molecule has 1 saturated heterocycles. The second-order valence-corrected chi connectivity index (χ2v) is 8.80. The minimum Gasteiger partial charge on any atom is -0.466 e. The number of rotatable bonds is 14. The summed E-state index contributed by atoms with van der Waals surface area (Å²) in [6.07, 6.45) is 11.9. The van der Waals surface area contributed by atoms with Crippen molar-refractivity contribution in [2.24, 2.45) is 0 Å². The van der Waals surface area contributed by atoms with Gasteiger partial charge in [0.15, 0.2) is 10.4 Å². The number of hydrogen-bond acceptors (Lipinski definition) is 5. The first-order chi connectivity index (χ1) is 15.0. The average molecular weight is 499 g/mol. The molecule has 8 heteroatoms. The van der Waals surface area contributed by atoms with E-state index in [1.807, 2.05) is 0 Å². The number of esters is 1. The molecule has 2 rings (SSSR count). The van der Waals surface area contributed by atoms with E-state index < -0.39 is 17.9 Å². The predicted octanol–water partition coefficient (Wildman–Crippen LogP) is 4.84. The van der Waals surface area contributed by atoms with Crippen molar-refractivity contribution in [2.45, 2.75) is 83.6 Å². The lowest BCUT2D eigenvalue weighted by Gasteiger charge is -2.33. The van der Waals surface area contributed by atoms with Crippen molar-refractivity contribution >= 4 is 33.7 Å². The Morgan fingerprint density at radius 1 is 1.10 bits per heavy atom. The van der Waals surface area contributed by atoms with Gasteiger partial charge in [-0.15, -0.1) is 0 Å². The Hall–Kier alpha value is -1.83. The molecule has 31 heavy (non-hydrogen) atoms. The van der Waals surface area contributed by atoms with Crippen LogP contribution >= 0.6 is 15.9 Å². The Morgan fingerprint density at radius 3 is 2.35 bits per heavy atom. The van der Waals surface area contributed by atoms with Crippen LogP contribution in [0.1, 0.15) is 88.1 Å². The minimum atomic E-state index is -0.884. The summed E-state index contributed by atoms with van der Waals surface area (Å²) in [6.45, 7) is 3.24. The molecule has 0 aromatic carbocycles. The maximum Gasteiger partial charge on any atom is 0.308 e. The van der Waals surface area contributed by atoms with E-state index in [9.17, 15) is 14.4 Å². The zero-order valence-electron chi connectivity index (χ0n) is 18.5. The molecule has 0 spiro atoms. The van der Waals surface area contributed by atoms with Crippen LogP contribution in [-0.4, -0.2) is 48.4 Å². The van der Waals surface area contributed by atoms with Crippen molar-refractivity contribution in [1.82, 2.24) is 10.2 Å². The van der Waals surface area contributed by atoms with E-state index in [1.165, 1.54) is 49.8 Å². The van der Waals surface area contributed by atoms with Crippen molar-refractivity contribution in [2.75, 3.05) is 19.7 Å². The Morgan fingerprint density at radius 2 is 1.74 bits per heavy atom. The quantitative estimate of drug-likeness (QED) is 0.292. The standard InChI is InChI=1S/C23H35BrN2O5/c1-2-3-4-5-6-7-8-9-10-11-16-30-21(27)17-18-22(28)25-14-15-26(18)23(29)19-12-13-20(24)31-19/h12-13,18H,2-11,14-17H2,1H3,(H,25,28). The highest BCUT2D eigenvalue weighted by atomic mass is 79.9. The number of ether oxygens (including phenoxy) is 1. The molecule has 7 nitrogen and oxygen atoms in total. The summed E-state index contributed by atoms with van der Waals surface area (Å²) in [5, 5.41) is 2.71. The van der Waals surface area contributed by atoms with Crippen molar-refractivity contribution in [1.29, 1.82) is 0 Å². The molecule has 1 atom stereocenters. The van der Waals surface area contributed by atoms with Crippen molar-refractivity contribution in [3.05, 3.63) is 22.6 Å². The molecule has 0 aliphatic carbocycles. The number of carbonyl (C=O) groups excluding carboxylic acids is 3. The van der Waals surface area contributed by atoms with Crippen LogP contribution in [0.15, 0.2) is 21.2 Å². The van der Waals surface area contributed by atoms with Crippen LogP contribution in [0, 0.1) is 0 Å². The summed E-state index contributed by atoms with van der Waals surface area (Å²) < 4.78 is 11.1. The van der Waals surface area contributed by atoms with Crippen LogP contribution < -0.4 is 5.32 Å². The number of piperazine rings is 1. The smallest absolute Gasteiger partial charge is 0.308 e. The number of unbranched alkanes of at least 4 members (excludes halogenated alkanes) is 9. The molecule has 2 heterocycles. The van der Waals surface area contributed by atoms with Gasteiger partial charge in [-0.3, -0.25) is 14.4 Å². The number of furan rings is 1. The summed E-state index contributed by atoms with van der Waals surface area (Å²) in [5.41, 5.74) is 0. The van der Waals surface area contributed by atoms with Crippen LogP contribution in [0.2, 0.25) is 0 Å². The SMILES string of the molecule is CCCCCCCCCCCCOC(=O)CC1C(=O)NCCN1C(=O)c1ccc(Br)o1. The van der Waals surface area contributed by atoms with Crippen LogP contribution in [0.25, 0.3) is 0 Å². The highest BCUT2D eigenvalue weighted by molar-refractivity contribution is 9.10. The molecule has 1 aliphatic heterocycles. The largest absolute Gasteiger partial charge is 0.466 e. The Balaban J connectivity index is 1.65. The Bertz CT molecular complexity index is 706. The highest BCUT2D eigenvalue weighted by Gasteiger charge is 2.36. The van der Waals surface area contributed by atoms with Gasteiger partial charge in [-0.2, -0.15) is 0 Å². The molecule has 0 bridgehead atoms. The number of halogens is 1. The number of nitrogens with zero attached hydrogens (tertiary/aromatic N) is 1. The lowest BCUT2D eigenvalue weighted by Crippen LogP contribution is -2.57. The summed E-state index contributed by atoms with van der Waals surface area (Å²) >= 11 is 3.17. The van der Waals surface area contributed by atoms with Gasteiger partial charge >= 0.3 is 5.97 Å². The van der Waals surface area contributed by atoms with Crippen LogP contribution in [-0.2, 0) is 14.3 Å². The van der Waals surface area contributed by atoms with Gasteiger partial charge in [0.05, 0.1) is 13.0 Å². The molecule has 174 valence electrons. The second kappa shape index (κ2) is 14.3. The maximum absolute atomic E-state index is 12.7. The van der Waals surface area contributed by atoms with E-state index >= 15 is 0 Å². The van der Waals surface area contributed by atoms with Gasteiger partial charge in [0.2, 0.25) is 5.91 Å². The fourth-order valence-electron chi connectivity index (χ4n) is 3.72. The molecular formula is C23H35BrN2O5. The van der Waals surface area contributed by atoms with E-state index in [2.05, 4.69) is 28.2 Å². The molecule has 1 N–H and O–H groups in total. The second-order valence-electron chi connectivity index (χ2n) is 8.02. The lowest BCUT2D eigenvalue weighted by atomic mass is 10.1. The Labute approximate surface area is 193 Å². The van der Waals surface area contributed by atoms with E-state index in [1.54, 1.807) is 12.1 Å². The van der Waals surface area contributed by atoms with E-state index in [0.717, 1.165) is 19.3 Å². The van der Waals surface area contributed by atoms with Gasteiger partial charge in [0.1, 0.15) is 6.04 Å². The summed E-state index contributed by atoms with van der Waals surface area (Å²) in [7, 11) is 0. The molecule has 1 unspecified atom stereocenters. The first kappa shape index (κ1) is 25.4. The van der Waals surface area contributed by atoms with Gasteiger partial charge < -0.3 is 19.4 Å². The molecular weight excluding hydrogens is 464 g/mol. The molecule has 1 aromatic rings. The first-order valence-electron chi connectivity index (χ1n) is 11.5. The summed E-state index contributed by atoms with van der Waals surface area (Å²) in [4.78, 5) is 38.6. The van der Waals surface area contributed by atoms with Gasteiger partial charge in [0.25, 0.3) is 5.91 Å². The van der Waals surface area contributed by atoms with Gasteiger partial charge in [-0.1, -0.05) is 64.7 Å². The third kappa shape index (κ3) is 9.05. The topological polar surface area (TPSA) is 88.9 Å². The van der Waals surface area contributed by atoms with Gasteiger partial charge in [-0.25, -0.2) is 0 Å². The average Bonchev–Trinajstić information content (AvgIpc) is 3.19. The van der Waals surface area contributed by atoms with Gasteiger partial charge in [-0.05, 0) is 34.5 Å². The van der Waals surface area contributed by atoms with E-state index in [-0.39, 0.29) is 18.1 Å². The fraction of sp³-hybridized carbons (Fsp3) is 0.696. The Kier molecular flexibility index (Phi) is 11.7. The van der Waals surface area contributed by atoms with Crippen LogP contribution in [0.5, 0.6) is 0 Å². The zero-order valence-corrected chi connectivity index (χ0v) is 20.1. The van der Waals surface area contributed by atoms with Crippen molar-refractivity contribution < 1.29 is 23.5 Å². The number of amides is 2. The molecule has 1 fully saturated rings. The number of carbonyl (C=O) groups is 3. The first-order valence-corrected chi connectivity index (χ1v) is 12.3. The van der Waals surface area contributed by atoms with Crippen molar-refractivity contribution in [3.8, 4) is 0 Å². The van der Waals surface area contributed by atoms with Crippen LogP contribution in [0.4, 0.5) is 0 Å². The molecule has 1 aliphatic rings. The molecule has 0 radical (unpaired) electrons. The highest BCUT2D eigenvalue weighted by Crippen LogP contribution is 2.19. The van der Waals surface area contributed by atoms with E-state index in [4.69, 9.17) is 9.15 Å². The minimum absolute atomic E-state index is 0.130. The predicted molar refractivity (Wildman–Crippen MR) is 122 cm³/mol. The van der Waals surface area contributed by atoms with Gasteiger partial charge in [0, 0.05) is 13.1 Å². The summed E-state index contributed by atoms with van der Waals surface area (Å²) in [6, 6.07) is 2.28.